The van der Waals surface area contributed by atoms with Crippen LogP contribution in [0.2, 0.25) is 0 Å². The summed E-state index contributed by atoms with van der Waals surface area (Å²) in [6.45, 7) is 5.63. The van der Waals surface area contributed by atoms with E-state index < -0.39 is 5.41 Å². The lowest BCUT2D eigenvalue weighted by molar-refractivity contribution is -0.136. The molecule has 0 radical (unpaired) electrons. The minimum absolute atomic E-state index is 0.00392. The highest BCUT2D eigenvalue weighted by molar-refractivity contribution is 5.87. The molecule has 4 nitrogen and oxygen atoms in total. The second-order valence-electron chi connectivity index (χ2n) is 7.85. The smallest absolute Gasteiger partial charge is 0.241 e. The van der Waals surface area contributed by atoms with Crippen LogP contribution in [0.1, 0.15) is 57.9 Å². The molecule has 1 aromatic rings. The molecule has 132 valence electrons. The third-order valence-electron chi connectivity index (χ3n) is 4.99. The molecule has 0 bridgehead atoms. The van der Waals surface area contributed by atoms with Crippen molar-refractivity contribution in [3.05, 3.63) is 35.9 Å². The van der Waals surface area contributed by atoms with E-state index in [-0.39, 0.29) is 24.4 Å². The summed E-state index contributed by atoms with van der Waals surface area (Å²) in [6, 6.07) is 10.9. The molecule has 0 aliphatic heterocycles. The Morgan fingerprint density at radius 1 is 1.08 bits per heavy atom. The normalized spacial score (nSPS) is 21.2. The Labute approximate surface area is 145 Å². The van der Waals surface area contributed by atoms with Crippen LogP contribution in [0.15, 0.2) is 30.3 Å². The molecule has 4 heteroatoms. The number of benzene rings is 1. The largest absolute Gasteiger partial charge is 0.347 e. The fourth-order valence-electron chi connectivity index (χ4n) is 3.27. The van der Waals surface area contributed by atoms with Gasteiger partial charge in [0.2, 0.25) is 11.8 Å². The first-order valence-electron chi connectivity index (χ1n) is 8.88. The van der Waals surface area contributed by atoms with Crippen LogP contribution in [-0.2, 0) is 9.59 Å². The van der Waals surface area contributed by atoms with Crippen LogP contribution in [0.3, 0.4) is 0 Å². The van der Waals surface area contributed by atoms with Crippen molar-refractivity contribution in [1.29, 1.82) is 0 Å². The number of nitrogens with zero attached hydrogens (tertiary/aromatic N) is 1. The van der Waals surface area contributed by atoms with Gasteiger partial charge in [-0.3, -0.25) is 9.59 Å². The van der Waals surface area contributed by atoms with E-state index >= 15 is 0 Å². The average molecular weight is 330 g/mol. The average Bonchev–Trinajstić information content (AvgIpc) is 2.58. The van der Waals surface area contributed by atoms with Crippen molar-refractivity contribution in [3.8, 4) is 0 Å². The summed E-state index contributed by atoms with van der Waals surface area (Å²) >= 11 is 0. The Morgan fingerprint density at radius 2 is 1.67 bits per heavy atom. The van der Waals surface area contributed by atoms with E-state index in [4.69, 9.17) is 0 Å². The van der Waals surface area contributed by atoms with Gasteiger partial charge in [0.15, 0.2) is 0 Å². The highest BCUT2D eigenvalue weighted by atomic mass is 16.2. The van der Waals surface area contributed by atoms with Crippen molar-refractivity contribution in [2.24, 2.45) is 5.41 Å². The van der Waals surface area contributed by atoms with Gasteiger partial charge in [-0.15, -0.1) is 0 Å². The fraction of sp³-hybridized carbons (Fsp3) is 0.600. The van der Waals surface area contributed by atoms with Gasteiger partial charge < -0.3 is 10.2 Å². The van der Waals surface area contributed by atoms with Gasteiger partial charge in [0.25, 0.3) is 0 Å². The molecule has 2 rings (SSSR count). The lowest BCUT2D eigenvalue weighted by Gasteiger charge is -2.35. The topological polar surface area (TPSA) is 49.4 Å². The van der Waals surface area contributed by atoms with Gasteiger partial charge in [-0.25, -0.2) is 0 Å². The van der Waals surface area contributed by atoms with Crippen molar-refractivity contribution in [3.63, 3.8) is 0 Å². The van der Waals surface area contributed by atoms with Gasteiger partial charge in [-0.05, 0) is 37.2 Å². The van der Waals surface area contributed by atoms with E-state index in [1.807, 2.05) is 38.8 Å². The molecular formula is C20H30N2O2. The van der Waals surface area contributed by atoms with Crippen LogP contribution in [0.25, 0.3) is 0 Å². The van der Waals surface area contributed by atoms with E-state index in [9.17, 15) is 9.59 Å². The van der Waals surface area contributed by atoms with E-state index in [2.05, 4.69) is 29.6 Å². The highest BCUT2D eigenvalue weighted by Gasteiger charge is 2.28. The summed E-state index contributed by atoms with van der Waals surface area (Å²) in [7, 11) is 1.86. The monoisotopic (exact) mass is 330 g/mol. The number of amides is 2. The minimum Gasteiger partial charge on any atom is -0.347 e. The molecule has 1 aromatic carbocycles. The molecule has 1 aliphatic carbocycles. The third kappa shape index (κ3) is 4.83. The van der Waals surface area contributed by atoms with E-state index in [0.29, 0.717) is 5.92 Å². The number of rotatable bonds is 4. The predicted molar refractivity (Wildman–Crippen MR) is 96.7 cm³/mol. The van der Waals surface area contributed by atoms with Gasteiger partial charge in [-0.2, -0.15) is 0 Å². The molecule has 0 unspecified atom stereocenters. The summed E-state index contributed by atoms with van der Waals surface area (Å²) in [6.07, 6.45) is 4.27. The summed E-state index contributed by atoms with van der Waals surface area (Å²) in [5.41, 5.74) is 0.939. The molecule has 1 saturated carbocycles. The summed E-state index contributed by atoms with van der Waals surface area (Å²) in [5.74, 6) is 0.513. The molecule has 0 saturated heterocycles. The van der Waals surface area contributed by atoms with E-state index in [0.717, 1.165) is 25.7 Å². The molecule has 0 spiro atoms. The molecular weight excluding hydrogens is 300 g/mol. The lowest BCUT2D eigenvalue weighted by Crippen LogP contribution is -2.46. The minimum atomic E-state index is -0.466. The van der Waals surface area contributed by atoms with Crippen LogP contribution >= 0.6 is 0 Å². The van der Waals surface area contributed by atoms with Gasteiger partial charge in [0, 0.05) is 18.5 Å². The SMILES string of the molecule is CN(C(=O)CNC(=O)C(C)(C)C)C1CCC(c2ccccc2)CC1. The molecule has 24 heavy (non-hydrogen) atoms. The first-order valence-corrected chi connectivity index (χ1v) is 8.88. The van der Waals surface area contributed by atoms with Crippen LogP contribution in [0, 0.1) is 5.41 Å². The maximum atomic E-state index is 12.3. The van der Waals surface area contributed by atoms with E-state index in [1.165, 1.54) is 5.56 Å². The van der Waals surface area contributed by atoms with Gasteiger partial charge in [-0.1, -0.05) is 51.1 Å². The van der Waals surface area contributed by atoms with Crippen LogP contribution in [0.5, 0.6) is 0 Å². The summed E-state index contributed by atoms with van der Waals surface area (Å²) in [4.78, 5) is 26.0. The second-order valence-corrected chi connectivity index (χ2v) is 7.85. The standard InChI is InChI=1S/C20H30N2O2/c1-20(2,3)19(24)21-14-18(23)22(4)17-12-10-16(11-13-17)15-8-6-5-7-9-15/h5-9,16-17H,10-14H2,1-4H3,(H,21,24). The molecule has 2 amide bonds. The first-order chi connectivity index (χ1) is 11.3. The van der Waals surface area contributed by atoms with E-state index in [1.54, 1.807) is 0 Å². The van der Waals surface area contributed by atoms with Crippen molar-refractivity contribution < 1.29 is 9.59 Å². The number of hydrogen-bond donors (Lipinski definition) is 1. The van der Waals surface area contributed by atoms with Crippen molar-refractivity contribution >= 4 is 11.8 Å². The Balaban J connectivity index is 1.81. The van der Waals surface area contributed by atoms with Gasteiger partial charge in [0.05, 0.1) is 6.54 Å². The Bertz CT molecular complexity index is 555. The number of hydrogen-bond acceptors (Lipinski definition) is 2. The predicted octanol–water partition coefficient (Wildman–Crippen LogP) is 3.33. The van der Waals surface area contributed by atoms with Crippen LogP contribution in [0.4, 0.5) is 0 Å². The molecule has 0 heterocycles. The molecule has 0 aromatic heterocycles. The highest BCUT2D eigenvalue weighted by Crippen LogP contribution is 2.34. The van der Waals surface area contributed by atoms with Crippen LogP contribution < -0.4 is 5.32 Å². The molecule has 1 fully saturated rings. The second kappa shape index (κ2) is 7.82. The zero-order chi connectivity index (χ0) is 17.7. The third-order valence-corrected chi connectivity index (χ3v) is 4.99. The summed E-state index contributed by atoms with van der Waals surface area (Å²) < 4.78 is 0. The lowest BCUT2D eigenvalue weighted by atomic mass is 9.81. The zero-order valence-corrected chi connectivity index (χ0v) is 15.3. The molecule has 1 aliphatic rings. The van der Waals surface area contributed by atoms with Crippen molar-refractivity contribution in [2.45, 2.75) is 58.4 Å². The number of nitrogens with one attached hydrogen (secondary N) is 1. The Morgan fingerprint density at radius 3 is 2.21 bits per heavy atom. The maximum Gasteiger partial charge on any atom is 0.241 e. The zero-order valence-electron chi connectivity index (χ0n) is 15.3. The molecule has 1 N–H and O–H groups in total. The van der Waals surface area contributed by atoms with Crippen molar-refractivity contribution in [2.75, 3.05) is 13.6 Å². The number of carbonyl (C=O) groups excluding carboxylic acids is 2. The Hall–Kier alpha value is -1.84. The fourth-order valence-corrected chi connectivity index (χ4v) is 3.27. The maximum absolute atomic E-state index is 12.3. The van der Waals surface area contributed by atoms with Gasteiger partial charge >= 0.3 is 0 Å². The number of carbonyl (C=O) groups is 2. The Kier molecular flexibility index (Phi) is 6.03. The summed E-state index contributed by atoms with van der Waals surface area (Å²) in [5, 5.41) is 2.75. The van der Waals surface area contributed by atoms with Crippen LogP contribution in [-0.4, -0.2) is 36.3 Å². The molecule has 0 atom stereocenters. The first kappa shape index (κ1) is 18.5. The van der Waals surface area contributed by atoms with Crippen molar-refractivity contribution in [1.82, 2.24) is 10.2 Å². The quantitative estimate of drug-likeness (QED) is 0.920. The van der Waals surface area contributed by atoms with Gasteiger partial charge in [0.1, 0.15) is 0 Å². The number of likely N-dealkylation sites (N-methyl/N-ethyl adjacent to an activating group) is 1.